The SMILES string of the molecule is S=C([S-])N1CCCCC1c1cccnc1. The zero-order valence-electron chi connectivity index (χ0n) is 8.43. The molecule has 0 bridgehead atoms. The first kappa shape index (κ1) is 10.8. The fourth-order valence-electron chi connectivity index (χ4n) is 2.07. The second kappa shape index (κ2) is 4.86. The minimum Gasteiger partial charge on any atom is -0.411 e. The van der Waals surface area contributed by atoms with E-state index < -0.39 is 0 Å². The molecule has 1 aliphatic heterocycles. The lowest BCUT2D eigenvalue weighted by Crippen LogP contribution is -2.36. The highest BCUT2D eigenvalue weighted by Crippen LogP contribution is 2.30. The molecule has 80 valence electrons. The van der Waals surface area contributed by atoms with Crippen LogP contribution < -0.4 is 0 Å². The Labute approximate surface area is 101 Å². The smallest absolute Gasteiger partial charge is 0.0542 e. The zero-order chi connectivity index (χ0) is 10.7. The summed E-state index contributed by atoms with van der Waals surface area (Å²) >= 11 is 10.2. The Morgan fingerprint density at radius 2 is 2.40 bits per heavy atom. The fourth-order valence-corrected chi connectivity index (χ4v) is 2.51. The van der Waals surface area contributed by atoms with Crippen molar-refractivity contribution in [3.05, 3.63) is 30.1 Å². The van der Waals surface area contributed by atoms with Gasteiger partial charge in [-0.15, -0.1) is 0 Å². The van der Waals surface area contributed by atoms with Crippen LogP contribution in [0.5, 0.6) is 0 Å². The first-order valence-corrected chi connectivity index (χ1v) is 5.98. The summed E-state index contributed by atoms with van der Waals surface area (Å²) < 4.78 is 0.587. The van der Waals surface area contributed by atoms with Gasteiger partial charge >= 0.3 is 0 Å². The van der Waals surface area contributed by atoms with E-state index in [0.29, 0.717) is 10.4 Å². The largest absolute Gasteiger partial charge is 0.411 e. The van der Waals surface area contributed by atoms with Crippen molar-refractivity contribution in [1.29, 1.82) is 0 Å². The molecule has 0 saturated carbocycles. The molecule has 15 heavy (non-hydrogen) atoms. The van der Waals surface area contributed by atoms with Crippen LogP contribution in [0.1, 0.15) is 30.9 Å². The molecule has 2 rings (SSSR count). The number of pyridine rings is 1. The number of thiocarbonyl (C=S) groups is 1. The lowest BCUT2D eigenvalue weighted by Gasteiger charge is -2.40. The predicted octanol–water partition coefficient (Wildman–Crippen LogP) is 2.44. The third kappa shape index (κ3) is 2.44. The van der Waals surface area contributed by atoms with Gasteiger partial charge < -0.3 is 29.7 Å². The highest BCUT2D eigenvalue weighted by atomic mass is 32.1. The highest BCUT2D eigenvalue weighted by molar-refractivity contribution is 8.00. The van der Waals surface area contributed by atoms with Crippen molar-refractivity contribution in [2.45, 2.75) is 25.3 Å². The summed E-state index contributed by atoms with van der Waals surface area (Å²) in [6.07, 6.45) is 7.27. The standard InChI is InChI=1S/C11H14N2S2/c14-11(15)13-7-2-1-5-10(13)9-4-3-6-12-8-9/h3-4,6,8,10H,1-2,5,7H2,(H,14,15)/p-1. The molecule has 0 amide bonds. The fraction of sp³-hybridized carbons (Fsp3) is 0.455. The van der Waals surface area contributed by atoms with Crippen LogP contribution in [-0.4, -0.2) is 20.7 Å². The summed E-state index contributed by atoms with van der Waals surface area (Å²) in [7, 11) is 0. The molecule has 1 fully saturated rings. The summed E-state index contributed by atoms with van der Waals surface area (Å²) in [6.45, 7) is 0.988. The molecular formula is C11H13N2S2-. The number of hydrogen-bond acceptors (Lipinski definition) is 3. The van der Waals surface area contributed by atoms with Gasteiger partial charge in [0.1, 0.15) is 0 Å². The van der Waals surface area contributed by atoms with E-state index in [-0.39, 0.29) is 0 Å². The van der Waals surface area contributed by atoms with Crippen LogP contribution in [0.2, 0.25) is 0 Å². The summed E-state index contributed by atoms with van der Waals surface area (Å²) in [5, 5.41) is 0. The van der Waals surface area contributed by atoms with Crippen LogP contribution >= 0.6 is 12.2 Å². The second-order valence-electron chi connectivity index (χ2n) is 3.76. The van der Waals surface area contributed by atoms with Crippen LogP contribution in [0, 0.1) is 0 Å². The normalized spacial score (nSPS) is 21.3. The minimum atomic E-state index is 0.345. The summed E-state index contributed by atoms with van der Waals surface area (Å²) in [6, 6.07) is 4.41. The molecule has 4 heteroatoms. The molecule has 1 atom stereocenters. The molecule has 1 aliphatic rings. The molecule has 0 aliphatic carbocycles. The van der Waals surface area contributed by atoms with E-state index in [1.807, 2.05) is 12.3 Å². The van der Waals surface area contributed by atoms with Gasteiger partial charge in [-0.3, -0.25) is 4.98 Å². The Morgan fingerprint density at radius 3 is 3.07 bits per heavy atom. The maximum atomic E-state index is 5.11. The average molecular weight is 237 g/mol. The second-order valence-corrected chi connectivity index (χ2v) is 4.79. The van der Waals surface area contributed by atoms with Gasteiger partial charge in [-0.1, -0.05) is 10.4 Å². The minimum absolute atomic E-state index is 0.345. The molecule has 1 saturated heterocycles. The summed E-state index contributed by atoms with van der Waals surface area (Å²) in [4.78, 5) is 6.29. The van der Waals surface area contributed by atoms with E-state index in [1.54, 1.807) is 6.20 Å². The number of piperidine rings is 1. The Kier molecular flexibility index (Phi) is 3.49. The zero-order valence-corrected chi connectivity index (χ0v) is 10.1. The maximum absolute atomic E-state index is 5.11. The van der Waals surface area contributed by atoms with E-state index in [0.717, 1.165) is 13.0 Å². The molecule has 0 spiro atoms. The molecule has 0 N–H and O–H groups in total. The predicted molar refractivity (Wildman–Crippen MR) is 67.5 cm³/mol. The summed E-state index contributed by atoms with van der Waals surface area (Å²) in [5.74, 6) is 0. The van der Waals surface area contributed by atoms with Gasteiger partial charge in [0.15, 0.2) is 0 Å². The van der Waals surface area contributed by atoms with Crippen molar-refractivity contribution in [2.24, 2.45) is 0 Å². The van der Waals surface area contributed by atoms with Gasteiger partial charge in [-0.2, -0.15) is 0 Å². The summed E-state index contributed by atoms with van der Waals surface area (Å²) in [5.41, 5.74) is 1.23. The van der Waals surface area contributed by atoms with E-state index in [1.165, 1.54) is 18.4 Å². The van der Waals surface area contributed by atoms with Gasteiger partial charge in [-0.25, -0.2) is 0 Å². The molecular weight excluding hydrogens is 224 g/mol. The lowest BCUT2D eigenvalue weighted by atomic mass is 9.97. The van der Waals surface area contributed by atoms with Crippen molar-refractivity contribution >= 4 is 29.2 Å². The third-order valence-corrected chi connectivity index (χ3v) is 3.28. The number of aromatic nitrogens is 1. The molecule has 0 radical (unpaired) electrons. The van der Waals surface area contributed by atoms with E-state index in [2.05, 4.69) is 16.0 Å². The van der Waals surface area contributed by atoms with Crippen LogP contribution in [0.15, 0.2) is 24.5 Å². The van der Waals surface area contributed by atoms with Gasteiger partial charge in [0.2, 0.25) is 0 Å². The molecule has 1 aromatic heterocycles. The van der Waals surface area contributed by atoms with E-state index >= 15 is 0 Å². The van der Waals surface area contributed by atoms with Gasteiger partial charge in [0, 0.05) is 18.9 Å². The van der Waals surface area contributed by atoms with Crippen molar-refractivity contribution in [1.82, 2.24) is 9.88 Å². The number of likely N-dealkylation sites (tertiary alicyclic amines) is 1. The van der Waals surface area contributed by atoms with Crippen LogP contribution in [0.3, 0.4) is 0 Å². The maximum Gasteiger partial charge on any atom is 0.0542 e. The van der Waals surface area contributed by atoms with Crippen LogP contribution in [0.25, 0.3) is 0 Å². The highest BCUT2D eigenvalue weighted by Gasteiger charge is 2.21. The first-order chi connectivity index (χ1) is 7.29. The van der Waals surface area contributed by atoms with Gasteiger partial charge in [0.05, 0.1) is 6.04 Å². The Morgan fingerprint density at radius 1 is 1.53 bits per heavy atom. The Bertz CT molecular complexity index is 340. The molecule has 1 unspecified atom stereocenters. The first-order valence-electron chi connectivity index (χ1n) is 5.16. The Balaban J connectivity index is 2.22. The van der Waals surface area contributed by atoms with Crippen LogP contribution in [-0.2, 0) is 12.6 Å². The van der Waals surface area contributed by atoms with Crippen LogP contribution in [0.4, 0.5) is 0 Å². The van der Waals surface area contributed by atoms with Crippen molar-refractivity contribution < 1.29 is 0 Å². The van der Waals surface area contributed by atoms with Gasteiger partial charge in [0.25, 0.3) is 0 Å². The average Bonchev–Trinajstić information content (AvgIpc) is 2.30. The molecule has 2 heterocycles. The van der Waals surface area contributed by atoms with E-state index in [9.17, 15) is 0 Å². The van der Waals surface area contributed by atoms with E-state index in [4.69, 9.17) is 24.8 Å². The quantitative estimate of drug-likeness (QED) is 0.550. The molecule has 1 aromatic rings. The Hall–Kier alpha value is -0.740. The molecule has 0 aromatic carbocycles. The van der Waals surface area contributed by atoms with Gasteiger partial charge in [-0.05, 0) is 30.9 Å². The number of rotatable bonds is 1. The lowest BCUT2D eigenvalue weighted by molar-refractivity contribution is 0.253. The van der Waals surface area contributed by atoms with Crippen molar-refractivity contribution in [3.8, 4) is 0 Å². The topological polar surface area (TPSA) is 16.1 Å². The van der Waals surface area contributed by atoms with Crippen molar-refractivity contribution in [2.75, 3.05) is 6.54 Å². The van der Waals surface area contributed by atoms with Crippen molar-refractivity contribution in [3.63, 3.8) is 0 Å². The molecule has 2 nitrogen and oxygen atoms in total. The number of nitrogens with zero attached hydrogens (tertiary/aromatic N) is 2. The third-order valence-electron chi connectivity index (χ3n) is 2.81. The number of hydrogen-bond donors (Lipinski definition) is 0. The monoisotopic (exact) mass is 237 g/mol.